The van der Waals surface area contributed by atoms with Crippen LogP contribution in [0, 0.1) is 5.92 Å². The van der Waals surface area contributed by atoms with E-state index in [4.69, 9.17) is 0 Å². The molecule has 0 unspecified atom stereocenters. The molecule has 1 aromatic carbocycles. The lowest BCUT2D eigenvalue weighted by atomic mass is 10.1. The maximum absolute atomic E-state index is 4.09. The van der Waals surface area contributed by atoms with Gasteiger partial charge < -0.3 is 14.8 Å². The molecule has 1 aliphatic carbocycles. The second-order valence-corrected chi connectivity index (χ2v) is 6.56. The number of rotatable bonds is 7. The molecule has 1 aromatic heterocycles. The van der Waals surface area contributed by atoms with Gasteiger partial charge in [-0.3, -0.25) is 0 Å². The number of nitrogens with zero attached hydrogens (tertiary/aromatic N) is 3. The highest BCUT2D eigenvalue weighted by Crippen LogP contribution is 2.34. The lowest BCUT2D eigenvalue weighted by Gasteiger charge is -2.26. The van der Waals surface area contributed by atoms with Gasteiger partial charge in [-0.15, -0.1) is 0 Å². The van der Waals surface area contributed by atoms with Crippen LogP contribution in [0.5, 0.6) is 0 Å². The second kappa shape index (κ2) is 6.63. The van der Waals surface area contributed by atoms with Gasteiger partial charge in [-0.1, -0.05) is 12.1 Å². The molecule has 0 bridgehead atoms. The van der Waals surface area contributed by atoms with E-state index in [1.54, 1.807) is 6.20 Å². The number of aromatic nitrogens is 2. The van der Waals surface area contributed by atoms with Crippen molar-refractivity contribution in [2.24, 2.45) is 5.92 Å². The van der Waals surface area contributed by atoms with E-state index in [-0.39, 0.29) is 0 Å². The molecule has 1 fully saturated rings. The SMILES string of the molecule is C[C@@H](NC[C@@H](C1CC1)N(C)C)c1ccc(-n2ccnc2)cc1. The van der Waals surface area contributed by atoms with Crippen molar-refractivity contribution >= 4 is 0 Å². The fourth-order valence-corrected chi connectivity index (χ4v) is 3.01. The predicted octanol–water partition coefficient (Wildman–Crippen LogP) is 2.86. The molecule has 1 N–H and O–H groups in total. The van der Waals surface area contributed by atoms with Crippen molar-refractivity contribution in [2.45, 2.75) is 31.8 Å². The summed E-state index contributed by atoms with van der Waals surface area (Å²) < 4.78 is 2.02. The normalized spacial score (nSPS) is 17.6. The minimum Gasteiger partial charge on any atom is -0.309 e. The van der Waals surface area contributed by atoms with Crippen LogP contribution >= 0.6 is 0 Å². The summed E-state index contributed by atoms with van der Waals surface area (Å²) in [6, 6.07) is 9.74. The molecule has 1 aliphatic rings. The Labute approximate surface area is 133 Å². The maximum Gasteiger partial charge on any atom is 0.0991 e. The molecule has 3 rings (SSSR count). The van der Waals surface area contributed by atoms with Crippen molar-refractivity contribution in [3.05, 3.63) is 48.5 Å². The largest absolute Gasteiger partial charge is 0.309 e. The summed E-state index contributed by atoms with van der Waals surface area (Å²) in [7, 11) is 4.38. The first-order chi connectivity index (χ1) is 10.6. The summed E-state index contributed by atoms with van der Waals surface area (Å²) in [5.74, 6) is 0.887. The molecule has 4 nitrogen and oxygen atoms in total. The molecule has 4 heteroatoms. The first-order valence-electron chi connectivity index (χ1n) is 8.13. The first-order valence-corrected chi connectivity index (χ1v) is 8.13. The Kier molecular flexibility index (Phi) is 4.60. The van der Waals surface area contributed by atoms with Crippen LogP contribution in [0.2, 0.25) is 0 Å². The Morgan fingerprint density at radius 2 is 2.00 bits per heavy atom. The standard InChI is InChI=1S/C18H26N4/c1-14(20-12-18(21(2)3)16-4-5-16)15-6-8-17(9-7-15)22-11-10-19-13-22/h6-11,13-14,16,18,20H,4-5,12H2,1-3H3/t14-,18+/m1/s1. The first kappa shape index (κ1) is 15.3. The van der Waals surface area contributed by atoms with Crippen molar-refractivity contribution in [2.75, 3.05) is 20.6 Å². The fraction of sp³-hybridized carbons (Fsp3) is 0.500. The molecule has 22 heavy (non-hydrogen) atoms. The zero-order valence-corrected chi connectivity index (χ0v) is 13.7. The highest BCUT2D eigenvalue weighted by atomic mass is 15.1. The fourth-order valence-electron chi connectivity index (χ4n) is 3.01. The van der Waals surface area contributed by atoms with E-state index < -0.39 is 0 Å². The van der Waals surface area contributed by atoms with Gasteiger partial charge >= 0.3 is 0 Å². The lowest BCUT2D eigenvalue weighted by molar-refractivity contribution is 0.250. The average molecular weight is 298 g/mol. The third-order valence-corrected chi connectivity index (χ3v) is 4.66. The number of hydrogen-bond acceptors (Lipinski definition) is 3. The van der Waals surface area contributed by atoms with Gasteiger partial charge in [0, 0.05) is 36.7 Å². The summed E-state index contributed by atoms with van der Waals surface area (Å²) in [6.45, 7) is 3.30. The molecule has 0 saturated heterocycles. The van der Waals surface area contributed by atoms with Gasteiger partial charge in [0.05, 0.1) is 6.33 Å². The van der Waals surface area contributed by atoms with Crippen LogP contribution in [0.4, 0.5) is 0 Å². The summed E-state index contributed by atoms with van der Waals surface area (Å²) in [4.78, 5) is 6.45. The van der Waals surface area contributed by atoms with Gasteiger partial charge in [0.2, 0.25) is 0 Å². The van der Waals surface area contributed by atoms with Crippen molar-refractivity contribution in [3.8, 4) is 5.69 Å². The summed E-state index contributed by atoms with van der Waals surface area (Å²) in [5.41, 5.74) is 2.48. The van der Waals surface area contributed by atoms with Gasteiger partial charge in [0.15, 0.2) is 0 Å². The van der Waals surface area contributed by atoms with E-state index in [1.807, 2.05) is 17.1 Å². The van der Waals surface area contributed by atoms with Gasteiger partial charge in [0.25, 0.3) is 0 Å². The summed E-state index contributed by atoms with van der Waals surface area (Å²) in [5, 5.41) is 3.70. The zero-order valence-electron chi connectivity index (χ0n) is 13.7. The zero-order chi connectivity index (χ0) is 15.5. The molecule has 0 amide bonds. The number of hydrogen-bond donors (Lipinski definition) is 1. The summed E-state index contributed by atoms with van der Waals surface area (Å²) in [6.07, 6.45) is 8.37. The molecule has 0 spiro atoms. The Balaban J connectivity index is 1.59. The Morgan fingerprint density at radius 1 is 1.27 bits per heavy atom. The third kappa shape index (κ3) is 3.57. The average Bonchev–Trinajstić information content (AvgIpc) is 3.20. The molecule has 0 radical (unpaired) electrons. The monoisotopic (exact) mass is 298 g/mol. The number of imidazole rings is 1. The minimum atomic E-state index is 0.373. The van der Waals surface area contributed by atoms with E-state index in [2.05, 4.69) is 60.5 Å². The van der Waals surface area contributed by atoms with Crippen molar-refractivity contribution in [1.29, 1.82) is 0 Å². The van der Waals surface area contributed by atoms with Crippen LogP contribution < -0.4 is 5.32 Å². The van der Waals surface area contributed by atoms with Gasteiger partial charge in [-0.25, -0.2) is 4.98 Å². The number of likely N-dealkylation sites (N-methyl/N-ethyl adjacent to an activating group) is 1. The predicted molar refractivity (Wildman–Crippen MR) is 90.2 cm³/mol. The quantitative estimate of drug-likeness (QED) is 0.853. The Bertz CT molecular complexity index is 568. The molecule has 2 atom stereocenters. The van der Waals surface area contributed by atoms with Crippen molar-refractivity contribution in [3.63, 3.8) is 0 Å². The molecule has 1 saturated carbocycles. The number of benzene rings is 1. The molecular formula is C18H26N4. The highest BCUT2D eigenvalue weighted by Gasteiger charge is 2.32. The minimum absolute atomic E-state index is 0.373. The van der Waals surface area contributed by atoms with E-state index in [0.29, 0.717) is 12.1 Å². The van der Waals surface area contributed by atoms with Crippen LogP contribution in [0.25, 0.3) is 5.69 Å². The molecule has 1 heterocycles. The van der Waals surface area contributed by atoms with E-state index >= 15 is 0 Å². The van der Waals surface area contributed by atoms with Crippen LogP contribution in [-0.2, 0) is 0 Å². The Morgan fingerprint density at radius 3 is 2.55 bits per heavy atom. The molecule has 0 aliphatic heterocycles. The maximum atomic E-state index is 4.09. The van der Waals surface area contributed by atoms with Gasteiger partial charge in [-0.05, 0) is 57.5 Å². The van der Waals surface area contributed by atoms with Crippen molar-refractivity contribution < 1.29 is 0 Å². The second-order valence-electron chi connectivity index (χ2n) is 6.56. The van der Waals surface area contributed by atoms with Crippen molar-refractivity contribution in [1.82, 2.24) is 19.8 Å². The molecule has 2 aromatic rings. The smallest absolute Gasteiger partial charge is 0.0991 e. The van der Waals surface area contributed by atoms with E-state index in [0.717, 1.165) is 18.2 Å². The van der Waals surface area contributed by atoms with E-state index in [1.165, 1.54) is 18.4 Å². The van der Waals surface area contributed by atoms with Crippen LogP contribution in [-0.4, -0.2) is 41.1 Å². The van der Waals surface area contributed by atoms with Crippen LogP contribution in [0.1, 0.15) is 31.4 Å². The molecular weight excluding hydrogens is 272 g/mol. The highest BCUT2D eigenvalue weighted by molar-refractivity contribution is 5.35. The number of nitrogens with one attached hydrogen (secondary N) is 1. The lowest BCUT2D eigenvalue weighted by Crippen LogP contribution is -2.40. The van der Waals surface area contributed by atoms with Gasteiger partial charge in [-0.2, -0.15) is 0 Å². The topological polar surface area (TPSA) is 33.1 Å². The Hall–Kier alpha value is -1.65. The van der Waals surface area contributed by atoms with E-state index in [9.17, 15) is 0 Å². The third-order valence-electron chi connectivity index (χ3n) is 4.66. The van der Waals surface area contributed by atoms with Gasteiger partial charge in [0.1, 0.15) is 0 Å². The molecule has 118 valence electrons. The van der Waals surface area contributed by atoms with Crippen LogP contribution in [0.3, 0.4) is 0 Å². The van der Waals surface area contributed by atoms with Crippen LogP contribution in [0.15, 0.2) is 43.0 Å². The summed E-state index contributed by atoms with van der Waals surface area (Å²) >= 11 is 0.